The zero-order valence-electron chi connectivity index (χ0n) is 30.0. The molecule has 52 heavy (non-hydrogen) atoms. The highest BCUT2D eigenvalue weighted by molar-refractivity contribution is 6.22. The minimum atomic E-state index is -1.05. The summed E-state index contributed by atoms with van der Waals surface area (Å²) in [6.07, 6.45) is -0.866. The van der Waals surface area contributed by atoms with Gasteiger partial charge in [-0.1, -0.05) is 73.7 Å². The number of rotatable bonds is 10. The molecule has 2 N–H and O–H groups in total. The molecule has 12 heteroatoms. The molecule has 3 aromatic carbocycles. The fraction of sp³-hybridized carbons (Fsp3) is 0.450. The number of hydrogen-bond acceptors (Lipinski definition) is 10. The summed E-state index contributed by atoms with van der Waals surface area (Å²) in [5.41, 5.74) is 2.96. The van der Waals surface area contributed by atoms with Crippen molar-refractivity contribution in [3.63, 3.8) is 0 Å². The molecule has 276 valence electrons. The van der Waals surface area contributed by atoms with Crippen molar-refractivity contribution in [3.8, 4) is 0 Å². The molecule has 6 rings (SSSR count). The maximum atomic E-state index is 13.3. The van der Waals surface area contributed by atoms with E-state index in [1.165, 1.54) is 0 Å². The van der Waals surface area contributed by atoms with Crippen molar-refractivity contribution >= 4 is 29.6 Å². The Labute approximate surface area is 304 Å². The number of hydrogen-bond donors (Lipinski definition) is 2. The normalized spacial score (nSPS) is 25.3. The molecule has 3 aromatic rings. The molecule has 12 nitrogen and oxygen atoms in total. The van der Waals surface area contributed by atoms with E-state index in [0.717, 1.165) is 34.6 Å². The zero-order valence-corrected chi connectivity index (χ0v) is 30.0. The van der Waals surface area contributed by atoms with Crippen LogP contribution in [0, 0.1) is 5.92 Å². The van der Waals surface area contributed by atoms with E-state index in [0.29, 0.717) is 24.2 Å². The van der Waals surface area contributed by atoms with E-state index >= 15 is 0 Å². The first kappa shape index (κ1) is 37.1. The minimum Gasteiger partial charge on any atom is -0.459 e. The second kappa shape index (κ2) is 16.0. The summed E-state index contributed by atoms with van der Waals surface area (Å²) < 4.78 is 24.2. The van der Waals surface area contributed by atoms with Gasteiger partial charge in [-0.3, -0.25) is 19.3 Å². The highest BCUT2D eigenvalue weighted by Crippen LogP contribution is 2.43. The van der Waals surface area contributed by atoms with Crippen LogP contribution >= 0.6 is 0 Å². The summed E-state index contributed by atoms with van der Waals surface area (Å²) in [4.78, 5) is 55.1. The molecule has 0 radical (unpaired) electrons. The first-order chi connectivity index (χ1) is 24.9. The van der Waals surface area contributed by atoms with Crippen LogP contribution in [0.3, 0.4) is 0 Å². The lowest BCUT2D eigenvalue weighted by Crippen LogP contribution is -2.48. The van der Waals surface area contributed by atoms with Gasteiger partial charge in [-0.2, -0.15) is 0 Å². The number of aliphatic hydroxyl groups excluding tert-OH is 1. The summed E-state index contributed by atoms with van der Waals surface area (Å²) in [6, 6.07) is 22.2. The molecule has 6 atom stereocenters. The molecule has 0 aliphatic carbocycles. The number of nitrogens with one attached hydrogen (secondary N) is 1. The molecular formula is C40H47N3O9. The van der Waals surface area contributed by atoms with Gasteiger partial charge in [0, 0.05) is 18.0 Å². The molecule has 3 fully saturated rings. The summed E-state index contributed by atoms with van der Waals surface area (Å²) in [6.45, 7) is 8.87. The lowest BCUT2D eigenvalue weighted by atomic mass is 9.90. The molecule has 3 saturated heterocycles. The van der Waals surface area contributed by atoms with Crippen molar-refractivity contribution in [1.82, 2.24) is 10.2 Å². The third-order valence-electron chi connectivity index (χ3n) is 9.66. The van der Waals surface area contributed by atoms with Crippen molar-refractivity contribution in [1.29, 1.82) is 0 Å². The molecule has 0 bridgehead atoms. The van der Waals surface area contributed by atoms with Crippen molar-refractivity contribution in [2.24, 2.45) is 5.92 Å². The topological polar surface area (TPSA) is 144 Å². The lowest BCUT2D eigenvalue weighted by molar-refractivity contribution is -0.276. The number of likely N-dealkylation sites (tertiary alicyclic amines) is 1. The van der Waals surface area contributed by atoms with Gasteiger partial charge in [0.1, 0.15) is 24.3 Å². The standard InChI is InChI=1S/C40H47N3O9/c1-25-33(22-42-20-8-11-32(42)37(47)52-40(2,3)4)50-38(51-35(25)28-14-12-26(23-44)13-15-28)29-16-18-30(19-17-29)43-34(45)21-31(36(43)46)41-39(48)49-24-27-9-6-5-7-10-27/h5-7,9-10,12-19,25,31-33,35,38,44H,8,11,20-24H2,1-4H3,(H,41,48). The van der Waals surface area contributed by atoms with Crippen LogP contribution in [0.4, 0.5) is 10.5 Å². The average Bonchev–Trinajstić information content (AvgIpc) is 3.70. The molecular weight excluding hydrogens is 666 g/mol. The molecule has 0 saturated carbocycles. The van der Waals surface area contributed by atoms with Crippen LogP contribution in [0.2, 0.25) is 0 Å². The van der Waals surface area contributed by atoms with Crippen LogP contribution in [-0.4, -0.2) is 70.8 Å². The summed E-state index contributed by atoms with van der Waals surface area (Å²) in [5.74, 6) is -1.33. The summed E-state index contributed by atoms with van der Waals surface area (Å²) in [5, 5.41) is 12.1. The Hall–Kier alpha value is -4.62. The van der Waals surface area contributed by atoms with Crippen molar-refractivity contribution in [2.75, 3.05) is 18.0 Å². The number of alkyl carbamates (subject to hydrolysis) is 1. The molecule has 0 spiro atoms. The van der Waals surface area contributed by atoms with Crippen LogP contribution in [-0.2, 0) is 46.5 Å². The number of carbonyl (C=O) groups is 4. The van der Waals surface area contributed by atoms with Crippen molar-refractivity contribution in [2.45, 2.75) is 96.4 Å². The first-order valence-corrected chi connectivity index (χ1v) is 17.8. The summed E-state index contributed by atoms with van der Waals surface area (Å²) in [7, 11) is 0. The average molecular weight is 714 g/mol. The van der Waals surface area contributed by atoms with Gasteiger partial charge >= 0.3 is 12.1 Å². The summed E-state index contributed by atoms with van der Waals surface area (Å²) >= 11 is 0. The largest absolute Gasteiger partial charge is 0.459 e. The van der Waals surface area contributed by atoms with Gasteiger partial charge < -0.3 is 29.4 Å². The highest BCUT2D eigenvalue weighted by atomic mass is 16.7. The van der Waals surface area contributed by atoms with E-state index in [9.17, 15) is 24.3 Å². The minimum absolute atomic E-state index is 0.0365. The zero-order chi connectivity index (χ0) is 37.0. The molecule has 3 aliphatic rings. The van der Waals surface area contributed by atoms with Crippen LogP contribution in [0.25, 0.3) is 0 Å². The monoisotopic (exact) mass is 713 g/mol. The number of carbonyl (C=O) groups excluding carboxylic acids is 4. The van der Waals surface area contributed by atoms with Gasteiger partial charge in [-0.25, -0.2) is 9.69 Å². The molecule has 3 heterocycles. The molecule has 6 unspecified atom stereocenters. The lowest BCUT2D eigenvalue weighted by Gasteiger charge is -2.43. The van der Waals surface area contributed by atoms with Crippen LogP contribution < -0.4 is 10.2 Å². The van der Waals surface area contributed by atoms with E-state index < -0.39 is 35.8 Å². The van der Waals surface area contributed by atoms with Gasteiger partial charge in [-0.05, 0) is 69.0 Å². The maximum Gasteiger partial charge on any atom is 0.408 e. The highest BCUT2D eigenvalue weighted by Gasteiger charge is 2.43. The fourth-order valence-electron chi connectivity index (χ4n) is 6.94. The number of imide groups is 1. The number of nitrogens with zero attached hydrogens (tertiary/aromatic N) is 2. The van der Waals surface area contributed by atoms with Crippen LogP contribution in [0.1, 0.15) is 81.6 Å². The van der Waals surface area contributed by atoms with E-state index in [2.05, 4.69) is 17.1 Å². The third kappa shape index (κ3) is 8.70. The van der Waals surface area contributed by atoms with Crippen molar-refractivity contribution < 1.29 is 43.2 Å². The number of benzene rings is 3. The number of aliphatic hydroxyl groups is 1. The maximum absolute atomic E-state index is 13.3. The number of esters is 1. The van der Waals surface area contributed by atoms with E-state index in [4.69, 9.17) is 18.9 Å². The fourth-order valence-corrected chi connectivity index (χ4v) is 6.94. The van der Waals surface area contributed by atoms with Crippen LogP contribution in [0.5, 0.6) is 0 Å². The number of amides is 3. The Balaban J connectivity index is 1.16. The van der Waals surface area contributed by atoms with Gasteiger partial charge in [0.05, 0.1) is 30.9 Å². The predicted octanol–water partition coefficient (Wildman–Crippen LogP) is 5.33. The Bertz CT molecular complexity index is 1730. The van der Waals surface area contributed by atoms with Gasteiger partial charge in [-0.15, -0.1) is 0 Å². The Morgan fingerprint density at radius 2 is 1.62 bits per heavy atom. The quantitative estimate of drug-likeness (QED) is 0.209. The molecule has 3 aliphatic heterocycles. The van der Waals surface area contributed by atoms with Crippen LogP contribution in [0.15, 0.2) is 78.9 Å². The third-order valence-corrected chi connectivity index (χ3v) is 9.66. The Kier molecular flexibility index (Phi) is 11.4. The number of ether oxygens (including phenoxy) is 4. The van der Waals surface area contributed by atoms with Crippen molar-refractivity contribution in [3.05, 3.63) is 101 Å². The SMILES string of the molecule is CC1C(CN2CCCC2C(=O)OC(C)(C)C)OC(c2ccc(N3C(=O)CC(NC(=O)OCc4ccccc4)C3=O)cc2)OC1c1ccc(CO)cc1. The molecule has 0 aromatic heterocycles. The van der Waals surface area contributed by atoms with E-state index in [1.54, 1.807) is 24.3 Å². The Morgan fingerprint density at radius 1 is 0.923 bits per heavy atom. The Morgan fingerprint density at radius 3 is 2.29 bits per heavy atom. The molecule has 3 amide bonds. The van der Waals surface area contributed by atoms with Gasteiger partial charge in [0.2, 0.25) is 5.91 Å². The van der Waals surface area contributed by atoms with E-state index in [-0.39, 0.29) is 49.8 Å². The predicted molar refractivity (Wildman–Crippen MR) is 191 cm³/mol. The van der Waals surface area contributed by atoms with Gasteiger partial charge in [0.15, 0.2) is 6.29 Å². The van der Waals surface area contributed by atoms with E-state index in [1.807, 2.05) is 75.4 Å². The second-order valence-electron chi connectivity index (χ2n) is 14.6. The first-order valence-electron chi connectivity index (χ1n) is 17.8. The second-order valence-corrected chi connectivity index (χ2v) is 14.6. The van der Waals surface area contributed by atoms with Gasteiger partial charge in [0.25, 0.3) is 5.91 Å². The smallest absolute Gasteiger partial charge is 0.408 e. The number of anilines is 1.